The van der Waals surface area contributed by atoms with Crippen LogP contribution in [0.2, 0.25) is 0 Å². The van der Waals surface area contributed by atoms with E-state index in [2.05, 4.69) is 10.9 Å². The Bertz CT molecular complexity index is 700. The van der Waals surface area contributed by atoms with Crippen LogP contribution in [0.3, 0.4) is 0 Å². The lowest BCUT2D eigenvalue weighted by Crippen LogP contribution is -2.43. The summed E-state index contributed by atoms with van der Waals surface area (Å²) in [5, 5.41) is 1.74. The van der Waals surface area contributed by atoms with Gasteiger partial charge in [-0.1, -0.05) is 18.2 Å². The molecule has 1 aromatic carbocycles. The second-order valence-electron chi connectivity index (χ2n) is 4.26. The molecular weight excluding hydrogens is 320 g/mol. The van der Waals surface area contributed by atoms with Gasteiger partial charge in [0.1, 0.15) is 11.3 Å². The monoisotopic (exact) mass is 334 g/mol. The minimum absolute atomic E-state index is 0.213. The highest BCUT2D eigenvalue weighted by atomic mass is 32.1. The van der Waals surface area contributed by atoms with Crippen molar-refractivity contribution in [3.8, 4) is 5.75 Å². The number of methoxy groups -OCH3 is 1. The SMILES string of the molecule is COc1ccccc1C(=O)OCC(=O)NNC(=O)c1cccs1. The van der Waals surface area contributed by atoms with Gasteiger partial charge in [0.25, 0.3) is 11.8 Å². The molecule has 1 heterocycles. The normalized spacial score (nSPS) is 9.78. The highest BCUT2D eigenvalue weighted by Crippen LogP contribution is 2.17. The third-order valence-corrected chi connectivity index (χ3v) is 3.59. The van der Waals surface area contributed by atoms with E-state index < -0.39 is 24.4 Å². The Labute approximate surface area is 136 Å². The third-order valence-electron chi connectivity index (χ3n) is 2.72. The molecule has 2 N–H and O–H groups in total. The molecule has 0 bridgehead atoms. The summed E-state index contributed by atoms with van der Waals surface area (Å²) >= 11 is 1.24. The van der Waals surface area contributed by atoms with E-state index in [-0.39, 0.29) is 5.56 Å². The molecule has 8 heteroatoms. The number of carbonyl (C=O) groups excluding carboxylic acids is 3. The van der Waals surface area contributed by atoms with E-state index in [0.717, 1.165) is 0 Å². The van der Waals surface area contributed by atoms with Crippen molar-refractivity contribution in [2.24, 2.45) is 0 Å². The molecule has 1 aromatic heterocycles. The topological polar surface area (TPSA) is 93.7 Å². The second kappa shape index (κ2) is 7.95. The lowest BCUT2D eigenvalue weighted by atomic mass is 10.2. The van der Waals surface area contributed by atoms with Gasteiger partial charge in [-0.15, -0.1) is 11.3 Å². The number of ether oxygens (including phenoxy) is 2. The lowest BCUT2D eigenvalue weighted by molar-refractivity contribution is -0.125. The van der Waals surface area contributed by atoms with Crippen LogP contribution >= 0.6 is 11.3 Å². The van der Waals surface area contributed by atoms with Crippen molar-refractivity contribution in [2.75, 3.05) is 13.7 Å². The van der Waals surface area contributed by atoms with Crippen LogP contribution in [-0.2, 0) is 9.53 Å². The number of rotatable bonds is 5. The first kappa shape index (κ1) is 16.5. The first-order valence-electron chi connectivity index (χ1n) is 6.54. The van der Waals surface area contributed by atoms with Crippen molar-refractivity contribution < 1.29 is 23.9 Å². The van der Waals surface area contributed by atoms with Gasteiger partial charge in [-0.2, -0.15) is 0 Å². The number of hydrogen-bond acceptors (Lipinski definition) is 6. The predicted molar refractivity (Wildman–Crippen MR) is 83.2 cm³/mol. The number of esters is 1. The van der Waals surface area contributed by atoms with Crippen LogP contribution in [0.5, 0.6) is 5.75 Å². The fourth-order valence-electron chi connectivity index (χ4n) is 1.65. The van der Waals surface area contributed by atoms with E-state index in [4.69, 9.17) is 9.47 Å². The Morgan fingerprint density at radius 3 is 2.57 bits per heavy atom. The summed E-state index contributed by atoms with van der Waals surface area (Å²) in [6.07, 6.45) is 0. The Hall–Kier alpha value is -2.87. The van der Waals surface area contributed by atoms with E-state index in [1.165, 1.54) is 24.5 Å². The Kier molecular flexibility index (Phi) is 5.70. The number of amides is 2. The average molecular weight is 334 g/mol. The van der Waals surface area contributed by atoms with E-state index in [9.17, 15) is 14.4 Å². The van der Waals surface area contributed by atoms with Gasteiger partial charge in [-0.25, -0.2) is 4.79 Å². The molecule has 0 aliphatic carbocycles. The molecule has 2 rings (SSSR count). The number of hydrazine groups is 1. The van der Waals surface area contributed by atoms with Crippen molar-refractivity contribution in [1.29, 1.82) is 0 Å². The van der Waals surface area contributed by atoms with Crippen molar-refractivity contribution in [2.45, 2.75) is 0 Å². The summed E-state index contributed by atoms with van der Waals surface area (Å²) < 4.78 is 9.91. The summed E-state index contributed by atoms with van der Waals surface area (Å²) in [6.45, 7) is -0.526. The highest BCUT2D eigenvalue weighted by molar-refractivity contribution is 7.12. The molecule has 0 spiro atoms. The summed E-state index contributed by atoms with van der Waals surface area (Å²) in [6, 6.07) is 9.84. The molecule has 0 unspecified atom stereocenters. The zero-order chi connectivity index (χ0) is 16.7. The van der Waals surface area contributed by atoms with E-state index in [0.29, 0.717) is 10.6 Å². The van der Waals surface area contributed by atoms with Gasteiger partial charge >= 0.3 is 5.97 Å². The van der Waals surface area contributed by atoms with Gasteiger partial charge in [0.05, 0.1) is 12.0 Å². The van der Waals surface area contributed by atoms with Crippen molar-refractivity contribution in [3.63, 3.8) is 0 Å². The van der Waals surface area contributed by atoms with E-state index >= 15 is 0 Å². The molecule has 2 amide bonds. The first-order chi connectivity index (χ1) is 11.1. The molecule has 0 atom stereocenters. The molecule has 0 saturated carbocycles. The van der Waals surface area contributed by atoms with Gasteiger partial charge in [0.2, 0.25) is 0 Å². The lowest BCUT2D eigenvalue weighted by Gasteiger charge is -2.09. The standard InChI is InChI=1S/C15H14N2O5S/c1-21-11-6-3-2-5-10(11)15(20)22-9-13(18)16-17-14(19)12-7-4-8-23-12/h2-8H,9H2,1H3,(H,16,18)(H,17,19). The Morgan fingerprint density at radius 2 is 1.87 bits per heavy atom. The summed E-state index contributed by atoms with van der Waals surface area (Å²) in [4.78, 5) is 35.5. The second-order valence-corrected chi connectivity index (χ2v) is 5.20. The van der Waals surface area contributed by atoms with Crippen molar-refractivity contribution in [3.05, 3.63) is 52.2 Å². The molecule has 0 saturated heterocycles. The molecular formula is C15H14N2O5S. The Morgan fingerprint density at radius 1 is 1.09 bits per heavy atom. The average Bonchev–Trinajstić information content (AvgIpc) is 3.12. The highest BCUT2D eigenvalue weighted by Gasteiger charge is 2.15. The fraction of sp³-hybridized carbons (Fsp3) is 0.133. The van der Waals surface area contributed by atoms with Gasteiger partial charge < -0.3 is 9.47 Å². The first-order valence-corrected chi connectivity index (χ1v) is 7.42. The number of carbonyl (C=O) groups is 3. The van der Waals surface area contributed by atoms with Gasteiger partial charge in [0.15, 0.2) is 6.61 Å². The zero-order valence-electron chi connectivity index (χ0n) is 12.2. The van der Waals surface area contributed by atoms with E-state index in [1.54, 1.807) is 35.7 Å². The molecule has 120 valence electrons. The zero-order valence-corrected chi connectivity index (χ0v) is 13.0. The quantitative estimate of drug-likeness (QED) is 0.636. The molecule has 23 heavy (non-hydrogen) atoms. The molecule has 0 aliphatic rings. The van der Waals surface area contributed by atoms with Gasteiger partial charge in [-0.05, 0) is 23.6 Å². The number of thiophene rings is 1. The largest absolute Gasteiger partial charge is 0.496 e. The third kappa shape index (κ3) is 4.55. The summed E-state index contributed by atoms with van der Waals surface area (Å²) in [5.41, 5.74) is 4.61. The molecule has 0 radical (unpaired) electrons. The smallest absolute Gasteiger partial charge is 0.342 e. The van der Waals surface area contributed by atoms with Crippen LogP contribution in [0.25, 0.3) is 0 Å². The maximum absolute atomic E-state index is 11.9. The number of hydrogen-bond donors (Lipinski definition) is 2. The molecule has 2 aromatic rings. The predicted octanol–water partition coefficient (Wildman–Crippen LogP) is 1.37. The number of benzene rings is 1. The van der Waals surface area contributed by atoms with Crippen LogP contribution in [0, 0.1) is 0 Å². The number of para-hydroxylation sites is 1. The minimum Gasteiger partial charge on any atom is -0.496 e. The summed E-state index contributed by atoms with van der Waals surface area (Å²) in [5.74, 6) is -1.44. The molecule has 0 fully saturated rings. The maximum atomic E-state index is 11.9. The van der Waals surface area contributed by atoms with Crippen molar-refractivity contribution in [1.82, 2.24) is 10.9 Å². The van der Waals surface area contributed by atoms with Gasteiger partial charge in [0, 0.05) is 0 Å². The molecule has 0 aliphatic heterocycles. The number of nitrogens with one attached hydrogen (secondary N) is 2. The minimum atomic E-state index is -0.692. The van der Waals surface area contributed by atoms with Crippen LogP contribution in [0.4, 0.5) is 0 Å². The van der Waals surface area contributed by atoms with Gasteiger partial charge in [-0.3, -0.25) is 20.4 Å². The summed E-state index contributed by atoms with van der Waals surface area (Å²) in [7, 11) is 1.43. The van der Waals surface area contributed by atoms with Crippen LogP contribution in [0.1, 0.15) is 20.0 Å². The fourth-order valence-corrected chi connectivity index (χ4v) is 2.27. The maximum Gasteiger partial charge on any atom is 0.342 e. The van der Waals surface area contributed by atoms with Crippen LogP contribution in [-0.4, -0.2) is 31.5 Å². The van der Waals surface area contributed by atoms with Crippen LogP contribution < -0.4 is 15.6 Å². The van der Waals surface area contributed by atoms with Crippen LogP contribution in [0.15, 0.2) is 41.8 Å². The van der Waals surface area contributed by atoms with Crippen molar-refractivity contribution >= 4 is 29.1 Å². The van der Waals surface area contributed by atoms with E-state index in [1.807, 2.05) is 0 Å². The Balaban J connectivity index is 1.80. The molecule has 7 nitrogen and oxygen atoms in total.